The molecule has 37 heavy (non-hydrogen) atoms. The fourth-order valence-corrected chi connectivity index (χ4v) is 5.42. The number of ether oxygens (including phenoxy) is 1. The van der Waals surface area contributed by atoms with Gasteiger partial charge in [0, 0.05) is 24.1 Å². The predicted molar refractivity (Wildman–Crippen MR) is 146 cm³/mol. The van der Waals surface area contributed by atoms with Gasteiger partial charge in [-0.1, -0.05) is 36.4 Å². The van der Waals surface area contributed by atoms with Crippen molar-refractivity contribution in [2.75, 3.05) is 7.11 Å². The summed E-state index contributed by atoms with van der Waals surface area (Å²) in [4.78, 5) is 18.4. The van der Waals surface area contributed by atoms with Crippen molar-refractivity contribution in [3.05, 3.63) is 117 Å². The number of hydrogen-bond donors (Lipinski definition) is 1. The summed E-state index contributed by atoms with van der Waals surface area (Å²) in [6.45, 7) is 4.57. The molecule has 1 aliphatic heterocycles. The fourth-order valence-electron chi connectivity index (χ4n) is 5.12. The topological polar surface area (TPSA) is 85.5 Å². The largest absolute Gasteiger partial charge is 0.496 e. The van der Waals surface area contributed by atoms with Crippen molar-refractivity contribution in [1.82, 2.24) is 19.8 Å². The Kier molecular flexibility index (Phi) is 6.62. The molecule has 1 N–H and O–H groups in total. The zero-order valence-electron chi connectivity index (χ0n) is 20.8. The predicted octanol–water partition coefficient (Wildman–Crippen LogP) is 5.58. The molecule has 2 aromatic carbocycles. The van der Waals surface area contributed by atoms with Crippen LogP contribution in [0.5, 0.6) is 5.75 Å². The zero-order valence-corrected chi connectivity index (χ0v) is 21.6. The zero-order chi connectivity index (χ0) is 26.1. The Morgan fingerprint density at radius 3 is 2.51 bits per heavy atom. The first kappa shape index (κ1) is 24.5. The van der Waals surface area contributed by atoms with Crippen LogP contribution in [0.25, 0.3) is 5.69 Å². The maximum absolute atomic E-state index is 12.0. The molecule has 1 fully saturated rings. The highest BCUT2D eigenvalue weighted by atomic mass is 32.1. The number of aromatic nitrogens is 2. The van der Waals surface area contributed by atoms with E-state index in [2.05, 4.69) is 33.4 Å². The second-order valence-corrected chi connectivity index (χ2v) is 9.40. The summed E-state index contributed by atoms with van der Waals surface area (Å²) in [5.41, 5.74) is 5.31. The lowest BCUT2D eigenvalue weighted by atomic mass is 9.96. The molecule has 188 valence electrons. The number of nitro benzene ring substituents is 1. The average molecular weight is 514 g/mol. The molecular weight excluding hydrogens is 486 g/mol. The molecule has 4 aromatic rings. The number of pyridine rings is 1. The van der Waals surface area contributed by atoms with Gasteiger partial charge in [0.05, 0.1) is 35.9 Å². The van der Waals surface area contributed by atoms with E-state index in [9.17, 15) is 10.1 Å². The van der Waals surface area contributed by atoms with E-state index in [1.54, 1.807) is 18.3 Å². The highest BCUT2D eigenvalue weighted by Gasteiger charge is 2.41. The molecule has 1 saturated heterocycles. The Morgan fingerprint density at radius 2 is 1.84 bits per heavy atom. The van der Waals surface area contributed by atoms with Gasteiger partial charge in [0.15, 0.2) is 5.11 Å². The molecule has 0 bridgehead atoms. The van der Waals surface area contributed by atoms with E-state index >= 15 is 0 Å². The summed E-state index contributed by atoms with van der Waals surface area (Å²) in [6.07, 6.45) is 1.78. The molecule has 1 aliphatic rings. The number of benzene rings is 2. The van der Waals surface area contributed by atoms with E-state index in [4.69, 9.17) is 17.0 Å². The SMILES string of the molecule is COc1ccc(-n2c(C)cc(C3C(c4ccccn4)NC(=S)N3Cc3ccccc3)c2C)c([N+](=O)[O-])c1. The summed E-state index contributed by atoms with van der Waals surface area (Å²) in [5, 5.41) is 16.1. The number of nitrogens with zero attached hydrogens (tertiary/aromatic N) is 4. The van der Waals surface area contributed by atoms with Crippen LogP contribution < -0.4 is 10.1 Å². The van der Waals surface area contributed by atoms with Crippen molar-refractivity contribution < 1.29 is 9.66 Å². The van der Waals surface area contributed by atoms with Gasteiger partial charge in [0.25, 0.3) is 5.69 Å². The Hall–Kier alpha value is -4.24. The van der Waals surface area contributed by atoms with E-state index < -0.39 is 0 Å². The van der Waals surface area contributed by atoms with Crippen molar-refractivity contribution >= 4 is 23.0 Å². The van der Waals surface area contributed by atoms with E-state index in [1.165, 1.54) is 13.2 Å². The number of thiocarbonyl (C=S) groups is 1. The number of methoxy groups -OCH3 is 1. The number of nitrogens with one attached hydrogen (secondary N) is 1. The molecule has 2 aromatic heterocycles. The Labute approximate surface area is 220 Å². The summed E-state index contributed by atoms with van der Waals surface area (Å²) in [5.74, 6) is 0.438. The second-order valence-electron chi connectivity index (χ2n) is 9.01. The lowest BCUT2D eigenvalue weighted by molar-refractivity contribution is -0.384. The first-order valence-electron chi connectivity index (χ1n) is 11.9. The monoisotopic (exact) mass is 513 g/mol. The lowest BCUT2D eigenvalue weighted by Crippen LogP contribution is -2.29. The Morgan fingerprint density at radius 1 is 1.08 bits per heavy atom. The van der Waals surface area contributed by atoms with Crippen LogP contribution in [0.1, 0.15) is 40.3 Å². The minimum absolute atomic E-state index is 0.0183. The molecule has 0 saturated carbocycles. The molecule has 2 unspecified atom stereocenters. The molecule has 0 spiro atoms. The first-order valence-corrected chi connectivity index (χ1v) is 12.3. The summed E-state index contributed by atoms with van der Waals surface area (Å²) in [6, 6.07) is 22.7. The third kappa shape index (κ3) is 4.53. The van der Waals surface area contributed by atoms with Gasteiger partial charge in [0.2, 0.25) is 0 Å². The normalized spacial score (nSPS) is 17.1. The van der Waals surface area contributed by atoms with Crippen LogP contribution in [0.2, 0.25) is 0 Å². The van der Waals surface area contributed by atoms with E-state index in [-0.39, 0.29) is 22.7 Å². The molecule has 8 nitrogen and oxygen atoms in total. The van der Waals surface area contributed by atoms with Crippen molar-refractivity contribution in [3.8, 4) is 11.4 Å². The quantitative estimate of drug-likeness (QED) is 0.196. The minimum atomic E-state index is -0.374. The highest BCUT2D eigenvalue weighted by Crippen LogP contribution is 2.43. The first-order chi connectivity index (χ1) is 17.9. The number of aryl methyl sites for hydroxylation is 1. The third-order valence-corrected chi connectivity index (χ3v) is 7.15. The summed E-state index contributed by atoms with van der Waals surface area (Å²) < 4.78 is 7.17. The van der Waals surface area contributed by atoms with Gasteiger partial charge in [-0.05, 0) is 67.5 Å². The van der Waals surface area contributed by atoms with E-state index in [0.29, 0.717) is 23.1 Å². The van der Waals surface area contributed by atoms with Gasteiger partial charge in [-0.3, -0.25) is 15.1 Å². The lowest BCUT2D eigenvalue weighted by Gasteiger charge is -2.28. The van der Waals surface area contributed by atoms with Gasteiger partial charge >= 0.3 is 0 Å². The third-order valence-electron chi connectivity index (χ3n) is 6.80. The number of hydrogen-bond acceptors (Lipinski definition) is 5. The summed E-state index contributed by atoms with van der Waals surface area (Å²) >= 11 is 5.83. The summed E-state index contributed by atoms with van der Waals surface area (Å²) in [7, 11) is 1.50. The maximum Gasteiger partial charge on any atom is 0.296 e. The second kappa shape index (κ2) is 10.0. The standard InChI is InChI=1S/C28H27N5O3S/c1-18-15-22(19(2)32(18)24-13-12-21(36-3)16-25(24)33(34)35)27-26(23-11-7-8-14-29-23)30-28(37)31(27)17-20-9-5-4-6-10-20/h4-16,26-27H,17H2,1-3H3,(H,30,37). The van der Waals surface area contributed by atoms with E-state index in [1.807, 2.05) is 54.8 Å². The molecule has 0 amide bonds. The number of rotatable bonds is 7. The molecule has 0 radical (unpaired) electrons. The van der Waals surface area contributed by atoms with Crippen LogP contribution >= 0.6 is 12.2 Å². The van der Waals surface area contributed by atoms with Crippen LogP contribution in [0, 0.1) is 24.0 Å². The molecular formula is C28H27N5O3S. The molecule has 3 heterocycles. The smallest absolute Gasteiger partial charge is 0.296 e. The molecule has 2 atom stereocenters. The van der Waals surface area contributed by atoms with Gasteiger partial charge in [-0.15, -0.1) is 0 Å². The van der Waals surface area contributed by atoms with Crippen molar-refractivity contribution in [2.24, 2.45) is 0 Å². The van der Waals surface area contributed by atoms with Gasteiger partial charge in [-0.25, -0.2) is 0 Å². The minimum Gasteiger partial charge on any atom is -0.496 e. The van der Waals surface area contributed by atoms with Crippen molar-refractivity contribution in [1.29, 1.82) is 0 Å². The fraction of sp³-hybridized carbons (Fsp3) is 0.214. The highest BCUT2D eigenvalue weighted by molar-refractivity contribution is 7.80. The van der Waals surface area contributed by atoms with Crippen molar-refractivity contribution in [3.63, 3.8) is 0 Å². The Bertz CT molecular complexity index is 1460. The molecule has 0 aliphatic carbocycles. The molecule has 5 rings (SSSR count). The van der Waals surface area contributed by atoms with Crippen molar-refractivity contribution in [2.45, 2.75) is 32.5 Å². The van der Waals surface area contributed by atoms with E-state index in [0.717, 1.165) is 28.2 Å². The number of nitro groups is 1. The molecule has 9 heteroatoms. The van der Waals surface area contributed by atoms with Crippen LogP contribution in [-0.2, 0) is 6.54 Å². The van der Waals surface area contributed by atoms with Crippen LogP contribution in [0.15, 0.2) is 79.0 Å². The Balaban J connectivity index is 1.65. The van der Waals surface area contributed by atoms with Gasteiger partial charge in [0.1, 0.15) is 11.4 Å². The van der Waals surface area contributed by atoms with Crippen LogP contribution in [0.3, 0.4) is 0 Å². The average Bonchev–Trinajstić information content (AvgIpc) is 3.39. The van der Waals surface area contributed by atoms with Crippen LogP contribution in [-0.4, -0.2) is 31.6 Å². The van der Waals surface area contributed by atoms with Gasteiger partial charge < -0.3 is 19.5 Å². The maximum atomic E-state index is 12.0. The van der Waals surface area contributed by atoms with Crippen LogP contribution in [0.4, 0.5) is 5.69 Å². The van der Waals surface area contributed by atoms with Gasteiger partial charge in [-0.2, -0.15) is 0 Å².